The minimum absolute atomic E-state index is 0.159. The second kappa shape index (κ2) is 7.83. The quantitative estimate of drug-likeness (QED) is 0.877. The smallest absolute Gasteiger partial charge is 0.323 e. The molecule has 5 heteroatoms. The van der Waals surface area contributed by atoms with Crippen LogP contribution in [0.3, 0.4) is 0 Å². The Hall–Kier alpha value is -2.82. The van der Waals surface area contributed by atoms with E-state index >= 15 is 0 Å². The molecule has 130 valence electrons. The second-order valence-corrected chi connectivity index (χ2v) is 6.21. The third kappa shape index (κ3) is 4.38. The maximum absolute atomic E-state index is 12.8. The highest BCUT2D eigenvalue weighted by molar-refractivity contribution is 5.83. The molecule has 0 spiro atoms. The van der Waals surface area contributed by atoms with Crippen LogP contribution in [-0.4, -0.2) is 41.6 Å². The van der Waals surface area contributed by atoms with E-state index in [2.05, 4.69) is 0 Å². The van der Waals surface area contributed by atoms with Gasteiger partial charge in [-0.15, -0.1) is 0 Å². The van der Waals surface area contributed by atoms with Crippen molar-refractivity contribution in [1.82, 2.24) is 4.90 Å². The van der Waals surface area contributed by atoms with Gasteiger partial charge in [-0.3, -0.25) is 9.59 Å². The van der Waals surface area contributed by atoms with Crippen molar-refractivity contribution in [2.24, 2.45) is 5.92 Å². The zero-order valence-corrected chi connectivity index (χ0v) is 13.9. The molecule has 2 aromatic rings. The number of carbonyl (C=O) groups excluding carboxylic acids is 1. The van der Waals surface area contributed by atoms with Crippen LogP contribution in [0.2, 0.25) is 0 Å². The van der Waals surface area contributed by atoms with Crippen molar-refractivity contribution in [2.45, 2.75) is 12.8 Å². The normalized spacial score (nSPS) is 15.8. The van der Waals surface area contributed by atoms with E-state index in [4.69, 9.17) is 9.84 Å². The van der Waals surface area contributed by atoms with Gasteiger partial charge in [0.05, 0.1) is 5.92 Å². The first-order valence-corrected chi connectivity index (χ1v) is 8.38. The van der Waals surface area contributed by atoms with E-state index in [1.165, 1.54) is 4.90 Å². The van der Waals surface area contributed by atoms with Crippen molar-refractivity contribution in [2.75, 3.05) is 19.7 Å². The molecule has 0 fully saturated rings. The number of hydrogen-bond acceptors (Lipinski definition) is 3. The highest BCUT2D eigenvalue weighted by Gasteiger charge is 2.30. The molecule has 1 amide bonds. The summed E-state index contributed by atoms with van der Waals surface area (Å²) >= 11 is 0. The van der Waals surface area contributed by atoms with Gasteiger partial charge < -0.3 is 14.7 Å². The summed E-state index contributed by atoms with van der Waals surface area (Å²) in [6, 6.07) is 17.4. The molecule has 1 aliphatic heterocycles. The molecule has 1 aliphatic rings. The summed E-state index contributed by atoms with van der Waals surface area (Å²) in [6.07, 6.45) is 1.21. The van der Waals surface area contributed by atoms with Gasteiger partial charge in [0.25, 0.3) is 0 Å². The molecule has 0 aromatic heterocycles. The van der Waals surface area contributed by atoms with Crippen LogP contribution in [0, 0.1) is 5.92 Å². The van der Waals surface area contributed by atoms with Crippen molar-refractivity contribution in [1.29, 1.82) is 0 Å². The molecule has 0 saturated carbocycles. The number of ether oxygens (including phenoxy) is 1. The first-order chi connectivity index (χ1) is 12.1. The monoisotopic (exact) mass is 339 g/mol. The van der Waals surface area contributed by atoms with Crippen molar-refractivity contribution in [3.8, 4) is 5.75 Å². The Bertz CT molecular complexity index is 744. The summed E-state index contributed by atoms with van der Waals surface area (Å²) in [7, 11) is 0. The van der Waals surface area contributed by atoms with Gasteiger partial charge in [-0.05, 0) is 30.0 Å². The molecule has 5 nitrogen and oxygen atoms in total. The molecule has 0 saturated heterocycles. The maximum atomic E-state index is 12.8. The molecular formula is C20H21NO4. The fourth-order valence-corrected chi connectivity index (χ4v) is 3.08. The third-order valence-corrected chi connectivity index (χ3v) is 4.38. The lowest BCUT2D eigenvalue weighted by molar-refractivity contribution is -0.147. The van der Waals surface area contributed by atoms with Crippen LogP contribution in [0.25, 0.3) is 0 Å². The highest BCUT2D eigenvalue weighted by atomic mass is 16.5. The van der Waals surface area contributed by atoms with Crippen LogP contribution < -0.4 is 4.74 Å². The van der Waals surface area contributed by atoms with E-state index in [1.54, 1.807) is 0 Å². The minimum atomic E-state index is -1.00. The zero-order valence-electron chi connectivity index (χ0n) is 13.9. The van der Waals surface area contributed by atoms with Gasteiger partial charge in [0.2, 0.25) is 5.91 Å². The Morgan fingerprint density at radius 2 is 1.80 bits per heavy atom. The predicted molar refractivity (Wildman–Crippen MR) is 93.5 cm³/mol. The topological polar surface area (TPSA) is 66.8 Å². The number of rotatable bonds is 6. The van der Waals surface area contributed by atoms with E-state index in [-0.39, 0.29) is 25.0 Å². The van der Waals surface area contributed by atoms with Crippen LogP contribution in [0.15, 0.2) is 54.6 Å². The van der Waals surface area contributed by atoms with E-state index in [0.29, 0.717) is 19.4 Å². The van der Waals surface area contributed by atoms with Gasteiger partial charge >= 0.3 is 5.97 Å². The maximum Gasteiger partial charge on any atom is 0.323 e. The van der Waals surface area contributed by atoms with Crippen LogP contribution in [0.5, 0.6) is 5.75 Å². The molecule has 0 bridgehead atoms. The highest BCUT2D eigenvalue weighted by Crippen LogP contribution is 2.27. The average molecular weight is 339 g/mol. The fourth-order valence-electron chi connectivity index (χ4n) is 3.08. The Labute approximate surface area is 146 Å². The van der Waals surface area contributed by atoms with Gasteiger partial charge in [-0.2, -0.15) is 0 Å². The van der Waals surface area contributed by atoms with E-state index in [1.807, 2.05) is 54.6 Å². The number of nitrogens with zero attached hydrogens (tertiary/aromatic N) is 1. The molecule has 0 radical (unpaired) electrons. The van der Waals surface area contributed by atoms with Crippen molar-refractivity contribution < 1.29 is 19.4 Å². The largest absolute Gasteiger partial charge is 0.492 e. The molecular weight excluding hydrogens is 318 g/mol. The lowest BCUT2D eigenvalue weighted by atomic mass is 9.95. The van der Waals surface area contributed by atoms with Crippen molar-refractivity contribution in [3.63, 3.8) is 0 Å². The number of para-hydroxylation sites is 1. The fraction of sp³-hybridized carbons (Fsp3) is 0.300. The molecule has 0 aliphatic carbocycles. The lowest BCUT2D eigenvalue weighted by Crippen LogP contribution is -2.44. The molecule has 25 heavy (non-hydrogen) atoms. The van der Waals surface area contributed by atoms with Crippen LogP contribution in [-0.2, 0) is 22.4 Å². The number of hydrogen-bond donors (Lipinski definition) is 1. The number of fused-ring (bicyclic) bond motifs is 1. The first kappa shape index (κ1) is 17.0. The summed E-state index contributed by atoms with van der Waals surface area (Å²) in [5, 5.41) is 9.16. The number of carboxylic acids is 1. The zero-order chi connectivity index (χ0) is 17.6. The van der Waals surface area contributed by atoms with Gasteiger partial charge in [0.1, 0.15) is 18.9 Å². The van der Waals surface area contributed by atoms with Gasteiger partial charge in [0, 0.05) is 6.54 Å². The number of amides is 1. The van der Waals surface area contributed by atoms with Gasteiger partial charge in [-0.1, -0.05) is 48.5 Å². The van der Waals surface area contributed by atoms with Crippen LogP contribution >= 0.6 is 0 Å². The number of carboxylic acid groups (broad SMARTS) is 1. The molecule has 1 N–H and O–H groups in total. The second-order valence-electron chi connectivity index (χ2n) is 6.21. The first-order valence-electron chi connectivity index (χ1n) is 8.38. The van der Waals surface area contributed by atoms with Gasteiger partial charge in [-0.25, -0.2) is 0 Å². The number of benzene rings is 2. The summed E-state index contributed by atoms with van der Waals surface area (Å²) in [5.74, 6) is -0.697. The minimum Gasteiger partial charge on any atom is -0.492 e. The average Bonchev–Trinajstić information content (AvgIpc) is 2.64. The summed E-state index contributed by atoms with van der Waals surface area (Å²) in [6.45, 7) is 0.383. The van der Waals surface area contributed by atoms with E-state index in [9.17, 15) is 9.59 Å². The molecule has 1 unspecified atom stereocenters. The summed E-state index contributed by atoms with van der Waals surface area (Å²) < 4.78 is 5.68. The Kier molecular flexibility index (Phi) is 5.33. The SMILES string of the molecule is O=C(O)CN(CCc1ccccc1)C(=O)C1COc2ccccc2C1. The van der Waals surface area contributed by atoms with E-state index < -0.39 is 5.97 Å². The summed E-state index contributed by atoms with van der Waals surface area (Å²) in [4.78, 5) is 25.5. The summed E-state index contributed by atoms with van der Waals surface area (Å²) in [5.41, 5.74) is 2.07. The predicted octanol–water partition coefficient (Wildman–Crippen LogP) is 2.39. The van der Waals surface area contributed by atoms with Crippen molar-refractivity contribution >= 4 is 11.9 Å². The van der Waals surface area contributed by atoms with E-state index in [0.717, 1.165) is 16.9 Å². The van der Waals surface area contributed by atoms with Crippen molar-refractivity contribution in [3.05, 3.63) is 65.7 Å². The van der Waals surface area contributed by atoms with Gasteiger partial charge in [0.15, 0.2) is 0 Å². The standard InChI is InChI=1S/C20H21NO4/c22-19(23)13-21(11-10-15-6-2-1-3-7-15)20(24)17-12-16-8-4-5-9-18(16)25-14-17/h1-9,17H,10-14H2,(H,22,23). The third-order valence-electron chi connectivity index (χ3n) is 4.38. The molecule has 3 rings (SSSR count). The molecule has 1 heterocycles. The Morgan fingerprint density at radius 1 is 1.08 bits per heavy atom. The number of carbonyl (C=O) groups is 2. The van der Waals surface area contributed by atoms with Crippen LogP contribution in [0.4, 0.5) is 0 Å². The molecule has 2 aromatic carbocycles. The Balaban J connectivity index is 1.68. The Morgan fingerprint density at radius 3 is 2.56 bits per heavy atom. The lowest BCUT2D eigenvalue weighted by Gasteiger charge is -2.29. The van der Waals surface area contributed by atoms with Crippen LogP contribution in [0.1, 0.15) is 11.1 Å². The number of aliphatic carboxylic acids is 1. The molecule has 1 atom stereocenters.